The van der Waals surface area contributed by atoms with Gasteiger partial charge >= 0.3 is 0 Å². The Morgan fingerprint density at radius 1 is 1.15 bits per heavy atom. The quantitative estimate of drug-likeness (QED) is 0.649. The van der Waals surface area contributed by atoms with Crippen LogP contribution >= 0.6 is 11.6 Å². The van der Waals surface area contributed by atoms with Gasteiger partial charge in [0.25, 0.3) is 0 Å². The predicted molar refractivity (Wildman–Crippen MR) is 99.9 cm³/mol. The molecule has 1 heterocycles. The van der Waals surface area contributed by atoms with Crippen LogP contribution in [0.4, 0.5) is 0 Å². The maximum Gasteiger partial charge on any atom is 0.203 e. The number of aromatic amines is 1. The minimum atomic E-state index is -1.13. The predicted octanol–water partition coefficient (Wildman–Crippen LogP) is 3.73. The number of nitrogens with one attached hydrogen (secondary N) is 1. The van der Waals surface area contributed by atoms with Crippen LogP contribution in [0.1, 0.15) is 22.1 Å². The average molecular weight is 386 g/mol. The van der Waals surface area contributed by atoms with Crippen molar-refractivity contribution in [1.29, 1.82) is 5.26 Å². The Morgan fingerprint density at radius 2 is 1.81 bits per heavy atom. The molecule has 8 heteroatoms. The molecule has 1 aromatic heterocycles. The van der Waals surface area contributed by atoms with Gasteiger partial charge in [-0.15, -0.1) is 0 Å². The van der Waals surface area contributed by atoms with Crippen molar-refractivity contribution in [3.05, 3.63) is 46.7 Å². The number of rotatable bonds is 6. The van der Waals surface area contributed by atoms with Crippen molar-refractivity contribution in [3.63, 3.8) is 0 Å². The summed E-state index contributed by atoms with van der Waals surface area (Å²) >= 11 is 5.98. The summed E-state index contributed by atoms with van der Waals surface area (Å²) in [6, 6.07) is 10.1. The fourth-order valence-corrected chi connectivity index (χ4v) is 2.94. The third-order valence-corrected chi connectivity index (χ3v) is 4.31. The zero-order chi connectivity index (χ0) is 19.6. The van der Waals surface area contributed by atoms with Gasteiger partial charge in [-0.3, -0.25) is 4.79 Å². The summed E-state index contributed by atoms with van der Waals surface area (Å²) in [7, 11) is 4.38. The Morgan fingerprint density at radius 3 is 2.37 bits per heavy atom. The van der Waals surface area contributed by atoms with Crippen LogP contribution in [0.3, 0.4) is 0 Å². The lowest BCUT2D eigenvalue weighted by Gasteiger charge is -2.14. The molecular weight excluding hydrogens is 370 g/mol. The molecule has 0 amide bonds. The first-order valence-corrected chi connectivity index (χ1v) is 8.29. The fourth-order valence-electron chi connectivity index (χ4n) is 2.77. The lowest BCUT2D eigenvalue weighted by atomic mass is 9.97. The number of ketones is 1. The van der Waals surface area contributed by atoms with E-state index in [2.05, 4.69) is 9.97 Å². The molecule has 0 bridgehead atoms. The molecule has 0 aliphatic carbocycles. The van der Waals surface area contributed by atoms with Crippen LogP contribution in [0.25, 0.3) is 11.0 Å². The molecule has 0 spiro atoms. The van der Waals surface area contributed by atoms with Crippen LogP contribution < -0.4 is 14.2 Å². The fraction of sp³-hybridized carbons (Fsp3) is 0.211. The molecule has 0 aliphatic rings. The highest BCUT2D eigenvalue weighted by Gasteiger charge is 2.27. The molecule has 1 atom stereocenters. The number of H-pyrrole nitrogens is 1. The van der Waals surface area contributed by atoms with Gasteiger partial charge < -0.3 is 19.2 Å². The first-order valence-electron chi connectivity index (χ1n) is 7.91. The van der Waals surface area contributed by atoms with Gasteiger partial charge in [0.2, 0.25) is 5.75 Å². The Bertz CT molecular complexity index is 1030. The van der Waals surface area contributed by atoms with Crippen molar-refractivity contribution in [1.82, 2.24) is 9.97 Å². The van der Waals surface area contributed by atoms with E-state index in [9.17, 15) is 10.1 Å². The molecule has 0 radical (unpaired) electrons. The molecular formula is C19H16ClN3O4. The van der Waals surface area contributed by atoms with E-state index >= 15 is 0 Å². The highest BCUT2D eigenvalue weighted by molar-refractivity contribution is 6.31. The smallest absolute Gasteiger partial charge is 0.203 e. The number of hydrogen-bond donors (Lipinski definition) is 1. The topological polar surface area (TPSA) is 97.2 Å². The van der Waals surface area contributed by atoms with E-state index in [1.54, 1.807) is 18.2 Å². The van der Waals surface area contributed by atoms with Gasteiger partial charge in [0, 0.05) is 10.6 Å². The van der Waals surface area contributed by atoms with Crippen molar-refractivity contribution in [2.45, 2.75) is 5.92 Å². The third-order valence-electron chi connectivity index (χ3n) is 4.08. The van der Waals surface area contributed by atoms with Gasteiger partial charge in [0.15, 0.2) is 23.2 Å². The summed E-state index contributed by atoms with van der Waals surface area (Å²) in [5.41, 5.74) is 1.51. The number of nitrogens with zero attached hydrogens (tertiary/aromatic N) is 2. The first kappa shape index (κ1) is 18.5. The molecule has 0 fully saturated rings. The molecule has 7 nitrogen and oxygen atoms in total. The molecule has 27 heavy (non-hydrogen) atoms. The van der Waals surface area contributed by atoms with Crippen LogP contribution in [-0.4, -0.2) is 37.1 Å². The maximum absolute atomic E-state index is 13.0. The highest BCUT2D eigenvalue weighted by Crippen LogP contribution is 2.39. The van der Waals surface area contributed by atoms with Crippen molar-refractivity contribution in [2.24, 2.45) is 0 Å². The summed E-state index contributed by atoms with van der Waals surface area (Å²) in [5.74, 6) is -0.306. The third kappa shape index (κ3) is 3.39. The normalized spacial score (nSPS) is 11.7. The van der Waals surface area contributed by atoms with E-state index in [0.29, 0.717) is 33.3 Å². The number of fused-ring (bicyclic) bond motifs is 1. The Labute approximate surface area is 160 Å². The van der Waals surface area contributed by atoms with E-state index in [-0.39, 0.29) is 11.4 Å². The zero-order valence-electron chi connectivity index (χ0n) is 14.9. The van der Waals surface area contributed by atoms with Crippen LogP contribution in [0.5, 0.6) is 17.2 Å². The van der Waals surface area contributed by atoms with E-state index in [4.69, 9.17) is 25.8 Å². The molecule has 3 aromatic rings. The second-order valence-electron chi connectivity index (χ2n) is 5.62. The van der Waals surface area contributed by atoms with E-state index in [0.717, 1.165) is 0 Å². The van der Waals surface area contributed by atoms with Gasteiger partial charge in [0.1, 0.15) is 5.82 Å². The molecule has 1 unspecified atom stereocenters. The summed E-state index contributed by atoms with van der Waals surface area (Å²) in [4.78, 5) is 20.3. The number of Topliss-reactive ketones (excluding diaryl/α,β-unsaturated/α-hetero) is 1. The minimum absolute atomic E-state index is 0.244. The van der Waals surface area contributed by atoms with Crippen LogP contribution in [-0.2, 0) is 0 Å². The first-order chi connectivity index (χ1) is 13.0. The molecule has 0 aliphatic heterocycles. The van der Waals surface area contributed by atoms with Gasteiger partial charge in [-0.1, -0.05) is 11.6 Å². The minimum Gasteiger partial charge on any atom is -0.493 e. The van der Waals surface area contributed by atoms with Crippen molar-refractivity contribution >= 4 is 28.4 Å². The van der Waals surface area contributed by atoms with Gasteiger partial charge in [-0.25, -0.2) is 4.98 Å². The summed E-state index contributed by atoms with van der Waals surface area (Å²) in [6.07, 6.45) is 0. The lowest BCUT2D eigenvalue weighted by Crippen LogP contribution is -2.13. The van der Waals surface area contributed by atoms with Crippen molar-refractivity contribution in [3.8, 4) is 23.3 Å². The summed E-state index contributed by atoms with van der Waals surface area (Å²) < 4.78 is 15.8. The number of imidazole rings is 1. The lowest BCUT2D eigenvalue weighted by molar-refractivity contribution is 0.0975. The van der Waals surface area contributed by atoms with Crippen LogP contribution in [0, 0.1) is 11.3 Å². The average Bonchev–Trinajstić information content (AvgIpc) is 3.09. The molecule has 3 rings (SSSR count). The van der Waals surface area contributed by atoms with Crippen molar-refractivity contribution < 1.29 is 19.0 Å². The number of ether oxygens (including phenoxy) is 3. The second-order valence-corrected chi connectivity index (χ2v) is 6.06. The summed E-state index contributed by atoms with van der Waals surface area (Å²) in [5, 5.41) is 10.1. The molecule has 1 N–H and O–H groups in total. The second kappa shape index (κ2) is 7.56. The largest absolute Gasteiger partial charge is 0.493 e. The van der Waals surface area contributed by atoms with E-state index in [1.807, 2.05) is 6.07 Å². The Kier molecular flexibility index (Phi) is 5.19. The number of methoxy groups -OCH3 is 3. The Balaban J connectivity index is 2.05. The number of nitriles is 1. The maximum atomic E-state index is 13.0. The monoisotopic (exact) mass is 385 g/mol. The number of carbonyl (C=O) groups is 1. The molecule has 2 aromatic carbocycles. The van der Waals surface area contributed by atoms with Gasteiger partial charge in [-0.2, -0.15) is 5.26 Å². The van der Waals surface area contributed by atoms with Crippen LogP contribution in [0.15, 0.2) is 30.3 Å². The number of aromatic nitrogens is 2. The SMILES string of the molecule is COc1cc(C(=O)C(C#N)c2nc3ccc(Cl)cc3[nH]2)cc(OC)c1OC. The van der Waals surface area contributed by atoms with E-state index in [1.165, 1.54) is 33.5 Å². The van der Waals surface area contributed by atoms with E-state index < -0.39 is 11.7 Å². The highest BCUT2D eigenvalue weighted by atomic mass is 35.5. The van der Waals surface area contributed by atoms with Gasteiger partial charge in [-0.05, 0) is 30.3 Å². The Hall–Kier alpha value is -3.24. The van der Waals surface area contributed by atoms with Crippen LogP contribution in [0.2, 0.25) is 5.02 Å². The molecule has 0 saturated heterocycles. The number of benzene rings is 2. The standard InChI is InChI=1S/C19H16ClN3O4/c1-25-15-6-10(7-16(26-2)18(15)27-3)17(24)12(9-21)19-22-13-5-4-11(20)8-14(13)23-19/h4-8,12H,1-3H3,(H,22,23). The molecule has 138 valence electrons. The number of hydrogen-bond acceptors (Lipinski definition) is 6. The number of carbonyl (C=O) groups excluding carboxylic acids is 1. The van der Waals surface area contributed by atoms with Gasteiger partial charge in [0.05, 0.1) is 38.4 Å². The van der Waals surface area contributed by atoms with Crippen molar-refractivity contribution in [2.75, 3.05) is 21.3 Å². The molecule has 0 saturated carbocycles. The number of halogens is 1. The summed E-state index contributed by atoms with van der Waals surface area (Å²) in [6.45, 7) is 0. The zero-order valence-corrected chi connectivity index (χ0v) is 15.6.